The minimum absolute atomic E-state index is 0.156. The molecule has 112 valence electrons. The number of phenols is 1. The normalized spacial score (nSPS) is 13.8. The van der Waals surface area contributed by atoms with E-state index in [4.69, 9.17) is 0 Å². The van der Waals surface area contributed by atoms with Crippen LogP contribution in [0.4, 0.5) is 0 Å². The van der Waals surface area contributed by atoms with Gasteiger partial charge >= 0.3 is 0 Å². The largest absolute Gasteiger partial charge is 0.508 e. The highest BCUT2D eigenvalue weighted by molar-refractivity contribution is 7.98. The van der Waals surface area contributed by atoms with Crippen LogP contribution in [0.5, 0.6) is 5.75 Å². The second kappa shape index (κ2) is 8.11. The Bertz CT molecular complexity index is 527. The molecule has 3 heteroatoms. The van der Waals surface area contributed by atoms with Crippen molar-refractivity contribution in [3.63, 3.8) is 0 Å². The Labute approximate surface area is 131 Å². The van der Waals surface area contributed by atoms with Crippen LogP contribution in [0.15, 0.2) is 54.6 Å². The molecule has 0 heterocycles. The Hall–Kier alpha value is -1.45. The van der Waals surface area contributed by atoms with E-state index in [1.165, 1.54) is 11.1 Å². The molecule has 2 N–H and O–H groups in total. The van der Waals surface area contributed by atoms with E-state index in [-0.39, 0.29) is 6.04 Å². The highest BCUT2D eigenvalue weighted by Gasteiger charge is 2.17. The lowest BCUT2D eigenvalue weighted by atomic mass is 9.97. The first-order chi connectivity index (χ1) is 10.2. The zero-order chi connectivity index (χ0) is 15.1. The molecule has 0 aliphatic rings. The molecule has 0 aliphatic heterocycles. The summed E-state index contributed by atoms with van der Waals surface area (Å²) in [5.41, 5.74) is 2.43. The molecular weight excluding hydrogens is 278 g/mol. The van der Waals surface area contributed by atoms with Crippen LogP contribution in [0.25, 0.3) is 0 Å². The number of phenolic OH excluding ortho intramolecular Hbond substituents is 1. The van der Waals surface area contributed by atoms with Crippen LogP contribution in [0, 0.1) is 0 Å². The predicted molar refractivity (Wildman–Crippen MR) is 92.0 cm³/mol. The molecule has 2 aromatic carbocycles. The molecule has 2 rings (SSSR count). The van der Waals surface area contributed by atoms with Gasteiger partial charge in [0.2, 0.25) is 0 Å². The van der Waals surface area contributed by atoms with Crippen LogP contribution in [0.2, 0.25) is 0 Å². The van der Waals surface area contributed by atoms with E-state index in [1.54, 1.807) is 12.1 Å². The first-order valence-corrected chi connectivity index (χ1v) is 8.72. The Balaban J connectivity index is 2.28. The molecule has 0 aliphatic carbocycles. The number of thioether (sulfide) groups is 1. The summed E-state index contributed by atoms with van der Waals surface area (Å²) in [4.78, 5) is 0. The van der Waals surface area contributed by atoms with Crippen molar-refractivity contribution in [2.24, 2.45) is 0 Å². The van der Waals surface area contributed by atoms with Gasteiger partial charge in [-0.1, -0.05) is 49.4 Å². The number of hydrogen-bond acceptors (Lipinski definition) is 3. The van der Waals surface area contributed by atoms with Crippen molar-refractivity contribution < 1.29 is 5.11 Å². The van der Waals surface area contributed by atoms with Gasteiger partial charge in [-0.15, -0.1) is 0 Å². The van der Waals surface area contributed by atoms with Crippen molar-refractivity contribution in [3.8, 4) is 5.75 Å². The summed E-state index contributed by atoms with van der Waals surface area (Å²) in [6.07, 6.45) is 3.24. The first kappa shape index (κ1) is 15.9. The summed E-state index contributed by atoms with van der Waals surface area (Å²) in [6, 6.07) is 18.6. The van der Waals surface area contributed by atoms with Gasteiger partial charge in [-0.2, -0.15) is 11.8 Å². The van der Waals surface area contributed by atoms with Crippen molar-refractivity contribution >= 4 is 11.8 Å². The molecular formula is C18H23NOS. The van der Waals surface area contributed by atoms with Gasteiger partial charge in [0.05, 0.1) is 6.04 Å². The van der Waals surface area contributed by atoms with Gasteiger partial charge in [0.15, 0.2) is 0 Å². The minimum Gasteiger partial charge on any atom is -0.508 e. The summed E-state index contributed by atoms with van der Waals surface area (Å²) in [5.74, 6) is 1.40. The summed E-state index contributed by atoms with van der Waals surface area (Å²) in [5, 5.41) is 13.3. The maximum Gasteiger partial charge on any atom is 0.115 e. The van der Waals surface area contributed by atoms with Crippen LogP contribution in [-0.2, 0) is 0 Å². The average molecular weight is 301 g/mol. The second-order valence-electron chi connectivity index (χ2n) is 5.16. The monoisotopic (exact) mass is 301 g/mol. The first-order valence-electron chi connectivity index (χ1n) is 7.33. The topological polar surface area (TPSA) is 32.3 Å². The van der Waals surface area contributed by atoms with Crippen molar-refractivity contribution in [1.82, 2.24) is 5.32 Å². The number of aromatic hydroxyl groups is 1. The van der Waals surface area contributed by atoms with Crippen LogP contribution >= 0.6 is 11.8 Å². The van der Waals surface area contributed by atoms with Gasteiger partial charge in [-0.05, 0) is 35.9 Å². The lowest BCUT2D eigenvalue weighted by molar-refractivity contribution is 0.472. The Morgan fingerprint density at radius 3 is 2.19 bits per heavy atom. The summed E-state index contributed by atoms with van der Waals surface area (Å²) >= 11 is 1.87. The summed E-state index contributed by atoms with van der Waals surface area (Å²) in [7, 11) is 0. The SMILES string of the molecule is CCC(CSC)NC(c1ccccc1)c1ccc(O)cc1. The number of benzene rings is 2. The molecule has 0 bridgehead atoms. The van der Waals surface area contributed by atoms with Crippen molar-refractivity contribution in [2.45, 2.75) is 25.4 Å². The molecule has 2 unspecified atom stereocenters. The third-order valence-corrected chi connectivity index (χ3v) is 4.36. The number of nitrogens with one attached hydrogen (secondary N) is 1. The van der Waals surface area contributed by atoms with E-state index < -0.39 is 0 Å². The number of hydrogen-bond donors (Lipinski definition) is 2. The molecule has 0 saturated heterocycles. The van der Waals surface area contributed by atoms with E-state index >= 15 is 0 Å². The van der Waals surface area contributed by atoms with E-state index in [0.717, 1.165) is 12.2 Å². The van der Waals surface area contributed by atoms with E-state index in [9.17, 15) is 5.11 Å². The maximum atomic E-state index is 9.50. The average Bonchev–Trinajstić information content (AvgIpc) is 2.53. The molecule has 2 nitrogen and oxygen atoms in total. The summed E-state index contributed by atoms with van der Waals surface area (Å²) in [6.45, 7) is 2.22. The van der Waals surface area contributed by atoms with Crippen LogP contribution < -0.4 is 5.32 Å². The highest BCUT2D eigenvalue weighted by Crippen LogP contribution is 2.25. The van der Waals surface area contributed by atoms with Crippen molar-refractivity contribution in [2.75, 3.05) is 12.0 Å². The lowest BCUT2D eigenvalue weighted by Gasteiger charge is -2.25. The molecule has 21 heavy (non-hydrogen) atoms. The van der Waals surface area contributed by atoms with Gasteiger partial charge in [-0.3, -0.25) is 0 Å². The number of rotatable bonds is 7. The van der Waals surface area contributed by atoms with Crippen LogP contribution in [-0.4, -0.2) is 23.2 Å². The third-order valence-electron chi connectivity index (χ3n) is 3.62. The second-order valence-corrected chi connectivity index (χ2v) is 6.07. The molecule has 0 amide bonds. The molecule has 2 atom stereocenters. The summed E-state index contributed by atoms with van der Waals surface area (Å²) < 4.78 is 0. The van der Waals surface area contributed by atoms with Crippen LogP contribution in [0.1, 0.15) is 30.5 Å². The fourth-order valence-electron chi connectivity index (χ4n) is 2.42. The van der Waals surface area contributed by atoms with E-state index in [1.807, 2.05) is 30.0 Å². The molecule has 2 aromatic rings. The van der Waals surface area contributed by atoms with Gasteiger partial charge in [0, 0.05) is 11.8 Å². The van der Waals surface area contributed by atoms with Gasteiger partial charge in [-0.25, -0.2) is 0 Å². The van der Waals surface area contributed by atoms with Crippen molar-refractivity contribution in [3.05, 3.63) is 65.7 Å². The Morgan fingerprint density at radius 1 is 1.00 bits per heavy atom. The fraction of sp³-hybridized carbons (Fsp3) is 0.333. The third kappa shape index (κ3) is 4.51. The van der Waals surface area contributed by atoms with Crippen LogP contribution in [0.3, 0.4) is 0 Å². The maximum absolute atomic E-state index is 9.50. The minimum atomic E-state index is 0.156. The highest BCUT2D eigenvalue weighted by atomic mass is 32.2. The van der Waals surface area contributed by atoms with E-state index in [0.29, 0.717) is 11.8 Å². The smallest absolute Gasteiger partial charge is 0.115 e. The Kier molecular flexibility index (Phi) is 6.15. The molecule has 0 spiro atoms. The predicted octanol–water partition coefficient (Wildman–Crippen LogP) is 4.21. The molecule has 0 aromatic heterocycles. The quantitative estimate of drug-likeness (QED) is 0.803. The van der Waals surface area contributed by atoms with Gasteiger partial charge in [0.25, 0.3) is 0 Å². The standard InChI is InChI=1S/C18H23NOS/c1-3-16(13-21-2)19-18(14-7-5-4-6-8-14)15-9-11-17(20)12-10-15/h4-12,16,18-20H,3,13H2,1-2H3. The van der Waals surface area contributed by atoms with Gasteiger partial charge in [0.1, 0.15) is 5.75 Å². The molecule has 0 saturated carbocycles. The van der Waals surface area contributed by atoms with Gasteiger partial charge < -0.3 is 10.4 Å². The van der Waals surface area contributed by atoms with Crippen molar-refractivity contribution in [1.29, 1.82) is 0 Å². The molecule has 0 radical (unpaired) electrons. The zero-order valence-corrected chi connectivity index (χ0v) is 13.4. The lowest BCUT2D eigenvalue weighted by Crippen LogP contribution is -2.34. The molecule has 0 fully saturated rings. The fourth-order valence-corrected chi connectivity index (χ4v) is 3.15. The van der Waals surface area contributed by atoms with E-state index in [2.05, 4.69) is 42.8 Å². The Morgan fingerprint density at radius 2 is 1.62 bits per heavy atom. The zero-order valence-electron chi connectivity index (χ0n) is 12.6.